The molecule has 0 saturated carbocycles. The van der Waals surface area contributed by atoms with Crippen LogP contribution in [0.3, 0.4) is 0 Å². The molecule has 0 spiro atoms. The number of phenols is 2. The van der Waals surface area contributed by atoms with E-state index in [1.165, 1.54) is 17.0 Å². The van der Waals surface area contributed by atoms with Gasteiger partial charge in [0.05, 0.1) is 12.6 Å². The van der Waals surface area contributed by atoms with Gasteiger partial charge in [-0.05, 0) is 41.8 Å². The molecule has 0 unspecified atom stereocenters. The first-order chi connectivity index (χ1) is 15.1. The van der Waals surface area contributed by atoms with Crippen LogP contribution >= 0.6 is 0 Å². The number of piperazine rings is 1. The minimum absolute atomic E-state index is 0.177. The Labute approximate surface area is 171 Å². The van der Waals surface area contributed by atoms with E-state index in [0.717, 1.165) is 16.5 Å². The van der Waals surface area contributed by atoms with Gasteiger partial charge in [0.2, 0.25) is 11.8 Å². The second kappa shape index (κ2) is 6.01. The van der Waals surface area contributed by atoms with Gasteiger partial charge >= 0.3 is 0 Å². The van der Waals surface area contributed by atoms with Crippen molar-refractivity contribution in [2.45, 2.75) is 25.4 Å². The number of aromatic nitrogens is 1. The quantitative estimate of drug-likeness (QED) is 0.551. The topological polar surface area (TPSA) is 96.9 Å². The molecule has 7 heteroatoms. The molecule has 7 nitrogen and oxygen atoms in total. The van der Waals surface area contributed by atoms with Gasteiger partial charge in [-0.1, -0.05) is 18.2 Å². The van der Waals surface area contributed by atoms with E-state index >= 15 is 0 Å². The number of carbonyl (C=O) groups is 2. The fraction of sp³-hybridized carbons (Fsp3) is 0.273. The van der Waals surface area contributed by atoms with Crippen LogP contribution in [0, 0.1) is 6.92 Å². The van der Waals surface area contributed by atoms with E-state index in [-0.39, 0.29) is 17.9 Å². The number of phenolic OH excluding ortho intramolecular Hbond substituents is 2. The second-order valence-corrected chi connectivity index (χ2v) is 7.61. The van der Waals surface area contributed by atoms with E-state index in [1.54, 1.807) is 6.92 Å². The monoisotopic (exact) mass is 394 g/mol. The molecule has 148 valence electrons. The van der Waals surface area contributed by atoms with Crippen molar-refractivity contribution in [1.29, 1.82) is 0 Å². The van der Waals surface area contributed by atoms with Gasteiger partial charge in [0, 0.05) is 34.1 Å². The molecular weight excluding hydrogens is 370 g/mol. The predicted octanol–water partition coefficient (Wildman–Crippen LogP) is 2.20. The van der Waals surface area contributed by atoms with Crippen molar-refractivity contribution in [3.8, 4) is 11.5 Å². The molecular formula is C22H21N3O4. The van der Waals surface area contributed by atoms with Gasteiger partial charge in [0.25, 0.3) is 0 Å². The smallest absolute Gasteiger partial charge is 0.245 e. The van der Waals surface area contributed by atoms with E-state index in [4.69, 9.17) is 4.11 Å². The van der Waals surface area contributed by atoms with E-state index < -0.39 is 37.4 Å². The molecule has 1 aromatic heterocycles. The molecule has 29 heavy (non-hydrogen) atoms. The number of rotatable bonds is 1. The first-order valence-electron chi connectivity index (χ1n) is 10.8. The number of amides is 2. The maximum atomic E-state index is 13.3. The van der Waals surface area contributed by atoms with Crippen LogP contribution in [0.5, 0.6) is 11.5 Å². The largest absolute Gasteiger partial charge is 0.504 e. The van der Waals surface area contributed by atoms with Gasteiger partial charge in [0.15, 0.2) is 11.5 Å². The minimum Gasteiger partial charge on any atom is -0.504 e. The van der Waals surface area contributed by atoms with Crippen molar-refractivity contribution >= 4 is 22.7 Å². The summed E-state index contributed by atoms with van der Waals surface area (Å²) in [5.41, 5.74) is 3.53. The number of hydrogen-bond donors (Lipinski definition) is 3. The maximum Gasteiger partial charge on any atom is 0.245 e. The molecule has 0 bridgehead atoms. The van der Waals surface area contributed by atoms with Gasteiger partial charge in [-0.25, -0.2) is 0 Å². The van der Waals surface area contributed by atoms with Gasteiger partial charge in [0.1, 0.15) is 6.04 Å². The van der Waals surface area contributed by atoms with Gasteiger partial charge in [-0.3, -0.25) is 9.59 Å². The molecule has 5 rings (SSSR count). The zero-order valence-corrected chi connectivity index (χ0v) is 15.6. The number of nitrogens with zero attached hydrogens (tertiary/aromatic N) is 2. The normalized spacial score (nSPS) is 23.4. The highest BCUT2D eigenvalue weighted by atomic mass is 16.3. The molecule has 3 aromatic rings. The van der Waals surface area contributed by atoms with E-state index in [0.29, 0.717) is 21.7 Å². The molecule has 2 aliphatic rings. The summed E-state index contributed by atoms with van der Waals surface area (Å²) >= 11 is 0. The molecule has 0 aliphatic carbocycles. The number of carbonyl (C=O) groups excluding carboxylic acids is 2. The predicted molar refractivity (Wildman–Crippen MR) is 107 cm³/mol. The zero-order valence-electron chi connectivity index (χ0n) is 18.6. The van der Waals surface area contributed by atoms with Gasteiger partial charge < -0.3 is 25.0 Å². The molecule has 3 heterocycles. The summed E-state index contributed by atoms with van der Waals surface area (Å²) in [6.07, 6.45) is 0.177. The first kappa shape index (κ1) is 14.5. The highest BCUT2D eigenvalue weighted by molar-refractivity contribution is 5.97. The molecule has 1 saturated heterocycles. The number of aromatic hydroxyl groups is 2. The van der Waals surface area contributed by atoms with E-state index in [1.807, 2.05) is 24.3 Å². The summed E-state index contributed by atoms with van der Waals surface area (Å²) in [5.74, 6) is -1.76. The van der Waals surface area contributed by atoms with Crippen molar-refractivity contribution in [3.05, 3.63) is 58.8 Å². The van der Waals surface area contributed by atoms with Crippen LogP contribution in [0.1, 0.15) is 32.5 Å². The van der Waals surface area contributed by atoms with Crippen molar-refractivity contribution in [2.75, 3.05) is 13.5 Å². The van der Waals surface area contributed by atoms with Crippen LogP contribution in [0.25, 0.3) is 10.9 Å². The number of aromatic amines is 1. The number of likely N-dealkylation sites (N-methyl/N-ethyl adjacent to an activating group) is 1. The Morgan fingerprint density at radius 1 is 1.17 bits per heavy atom. The fourth-order valence-electron chi connectivity index (χ4n) is 4.58. The number of benzene rings is 2. The lowest BCUT2D eigenvalue weighted by Gasteiger charge is -2.46. The molecule has 2 atom stereocenters. The second-order valence-electron chi connectivity index (χ2n) is 7.61. The summed E-state index contributed by atoms with van der Waals surface area (Å²) in [5, 5.41) is 21.0. The number of nitrogens with one attached hydrogen (secondary N) is 1. The Morgan fingerprint density at radius 2 is 1.93 bits per heavy atom. The highest BCUT2D eigenvalue weighted by Crippen LogP contribution is 2.44. The summed E-state index contributed by atoms with van der Waals surface area (Å²) in [6, 6.07) is 8.59. The lowest BCUT2D eigenvalue weighted by atomic mass is 9.85. The average Bonchev–Trinajstić information content (AvgIpc) is 3.10. The van der Waals surface area contributed by atoms with Crippen LogP contribution < -0.4 is 0 Å². The Morgan fingerprint density at radius 3 is 2.72 bits per heavy atom. The molecule has 0 radical (unpaired) electrons. The minimum atomic E-state index is -2.72. The Balaban J connectivity index is 1.76. The highest BCUT2D eigenvalue weighted by Gasteiger charge is 2.47. The maximum absolute atomic E-state index is 13.3. The van der Waals surface area contributed by atoms with Crippen LogP contribution in [0.15, 0.2) is 36.4 Å². The Kier molecular flexibility index (Phi) is 3.01. The standard InChI is InChI=1S/C22H21N3O4/c1-11-7-17(26)18(27)9-13(11)21-20-14(12-5-3-4-6-15(12)23-20)8-16-22(29)24(2)10-19(28)25(16)21/h3-7,9,16,21,23,26-27H,8,10H2,1-2H3/t16-,21-/m1/s1/i2D3. The van der Waals surface area contributed by atoms with Crippen LogP contribution in [0.4, 0.5) is 0 Å². The summed E-state index contributed by atoms with van der Waals surface area (Å²) in [7, 11) is 0. The third kappa shape index (κ3) is 2.43. The number of para-hydroxylation sites is 1. The number of fused-ring (bicyclic) bond motifs is 4. The van der Waals surface area contributed by atoms with Crippen molar-refractivity contribution in [1.82, 2.24) is 14.8 Å². The third-order valence-corrected chi connectivity index (χ3v) is 5.92. The van der Waals surface area contributed by atoms with Gasteiger partial charge in [-0.2, -0.15) is 0 Å². The number of hydrogen-bond acceptors (Lipinski definition) is 4. The zero-order chi connectivity index (χ0) is 22.9. The lowest BCUT2D eigenvalue weighted by molar-refractivity contribution is -0.157. The van der Waals surface area contributed by atoms with Crippen molar-refractivity contribution < 1.29 is 23.9 Å². The molecule has 2 aliphatic heterocycles. The van der Waals surface area contributed by atoms with E-state index in [9.17, 15) is 19.8 Å². The lowest BCUT2D eigenvalue weighted by Crippen LogP contribution is -2.62. The number of aryl methyl sites for hydroxylation is 1. The first-order valence-corrected chi connectivity index (χ1v) is 9.32. The van der Waals surface area contributed by atoms with Crippen molar-refractivity contribution in [2.24, 2.45) is 0 Å². The molecule has 3 N–H and O–H groups in total. The summed E-state index contributed by atoms with van der Waals surface area (Å²) < 4.78 is 23.1. The SMILES string of the molecule is [2H]C([2H])([2H])N1CC(=O)N2[C@H](c3cc(O)c(O)cc3C)c3[nH]c4ccccc4c3C[C@@H]2C1=O. The van der Waals surface area contributed by atoms with Crippen molar-refractivity contribution in [3.63, 3.8) is 0 Å². The van der Waals surface area contributed by atoms with Crippen LogP contribution in [-0.4, -0.2) is 56.4 Å². The van der Waals surface area contributed by atoms with Gasteiger partial charge in [-0.15, -0.1) is 0 Å². The van der Waals surface area contributed by atoms with Crippen LogP contribution in [0.2, 0.25) is 0 Å². The Bertz CT molecular complexity index is 1280. The average molecular weight is 394 g/mol. The third-order valence-electron chi connectivity index (χ3n) is 5.92. The van der Waals surface area contributed by atoms with Crippen LogP contribution in [-0.2, 0) is 16.0 Å². The Hall–Kier alpha value is -3.48. The molecule has 2 aromatic carbocycles. The van der Waals surface area contributed by atoms with E-state index in [2.05, 4.69) is 4.98 Å². The summed E-state index contributed by atoms with van der Waals surface area (Å²) in [6.45, 7) is -1.53. The molecule has 1 fully saturated rings. The molecule has 2 amide bonds. The fourth-order valence-corrected chi connectivity index (χ4v) is 4.58. The number of H-pyrrole nitrogens is 1. The summed E-state index contributed by atoms with van der Waals surface area (Å²) in [4.78, 5) is 32.0.